The fourth-order valence-corrected chi connectivity index (χ4v) is 1.78. The molecule has 2 nitrogen and oxygen atoms in total. The first-order chi connectivity index (χ1) is 6.51. The fourth-order valence-electron chi connectivity index (χ4n) is 1.78. The summed E-state index contributed by atoms with van der Waals surface area (Å²) >= 11 is 0. The monoisotopic (exact) mass is 199 g/mol. The first-order valence-electron chi connectivity index (χ1n) is 5.78. The summed E-state index contributed by atoms with van der Waals surface area (Å²) in [5.41, 5.74) is -0.0821. The van der Waals surface area contributed by atoms with Gasteiger partial charge in [-0.2, -0.15) is 0 Å². The van der Waals surface area contributed by atoms with Crippen LogP contribution in [0, 0.1) is 5.41 Å². The minimum atomic E-state index is -0.0821. The zero-order chi connectivity index (χ0) is 11.4. The Morgan fingerprint density at radius 3 is 2.43 bits per heavy atom. The molecule has 2 atom stereocenters. The van der Waals surface area contributed by atoms with Crippen LogP contribution in [0.3, 0.4) is 0 Å². The molecule has 0 bridgehead atoms. The van der Waals surface area contributed by atoms with Crippen molar-refractivity contribution in [3.63, 3.8) is 0 Å². The standard InChI is InChI=1S/C10H19NO.C2H6/c1-5-10(3)7-6-8(2)11(4)9(10)12;1-2/h8H,5-7H2,1-4H3;1-2H3. The Labute approximate surface area is 88.7 Å². The molecule has 1 rings (SSSR count). The summed E-state index contributed by atoms with van der Waals surface area (Å²) in [5.74, 6) is 0.323. The minimum Gasteiger partial charge on any atom is -0.343 e. The fraction of sp³-hybridized carbons (Fsp3) is 0.917. The van der Waals surface area contributed by atoms with Gasteiger partial charge < -0.3 is 4.90 Å². The number of nitrogens with zero attached hydrogens (tertiary/aromatic N) is 1. The molecule has 2 unspecified atom stereocenters. The number of likely N-dealkylation sites (tertiary alicyclic amines) is 1. The van der Waals surface area contributed by atoms with E-state index in [2.05, 4.69) is 20.8 Å². The summed E-state index contributed by atoms with van der Waals surface area (Å²) in [7, 11) is 1.92. The summed E-state index contributed by atoms with van der Waals surface area (Å²) in [4.78, 5) is 13.7. The molecule has 0 radical (unpaired) electrons. The molecule has 1 fully saturated rings. The zero-order valence-electron chi connectivity index (χ0n) is 10.6. The van der Waals surface area contributed by atoms with Crippen molar-refractivity contribution in [2.24, 2.45) is 5.41 Å². The summed E-state index contributed by atoms with van der Waals surface area (Å²) < 4.78 is 0. The van der Waals surface area contributed by atoms with Gasteiger partial charge in [-0.15, -0.1) is 0 Å². The molecule has 0 N–H and O–H groups in total. The largest absolute Gasteiger partial charge is 0.343 e. The highest BCUT2D eigenvalue weighted by atomic mass is 16.2. The number of carbonyl (C=O) groups excluding carboxylic acids is 1. The van der Waals surface area contributed by atoms with Crippen molar-refractivity contribution >= 4 is 5.91 Å². The van der Waals surface area contributed by atoms with E-state index < -0.39 is 0 Å². The Hall–Kier alpha value is -0.530. The highest BCUT2D eigenvalue weighted by molar-refractivity contribution is 5.83. The smallest absolute Gasteiger partial charge is 0.228 e. The summed E-state index contributed by atoms with van der Waals surface area (Å²) in [6.07, 6.45) is 3.16. The number of hydrogen-bond donors (Lipinski definition) is 0. The maximum Gasteiger partial charge on any atom is 0.228 e. The lowest BCUT2D eigenvalue weighted by Crippen LogP contribution is -2.49. The Balaban J connectivity index is 0.000000791. The van der Waals surface area contributed by atoms with Gasteiger partial charge in [0.05, 0.1) is 0 Å². The molecule has 1 aliphatic rings. The Bertz CT molecular complexity index is 191. The molecule has 0 saturated carbocycles. The molecule has 84 valence electrons. The summed E-state index contributed by atoms with van der Waals surface area (Å²) in [5, 5.41) is 0. The molecule has 1 saturated heterocycles. The van der Waals surface area contributed by atoms with Gasteiger partial charge in [-0.25, -0.2) is 0 Å². The predicted octanol–water partition coefficient (Wildman–Crippen LogP) is 3.07. The van der Waals surface area contributed by atoms with E-state index in [9.17, 15) is 4.79 Å². The van der Waals surface area contributed by atoms with E-state index in [4.69, 9.17) is 0 Å². The van der Waals surface area contributed by atoms with Crippen LogP contribution in [0.2, 0.25) is 0 Å². The van der Waals surface area contributed by atoms with Crippen molar-refractivity contribution in [2.45, 2.75) is 59.9 Å². The zero-order valence-corrected chi connectivity index (χ0v) is 10.6. The topological polar surface area (TPSA) is 20.3 Å². The van der Waals surface area contributed by atoms with Crippen molar-refractivity contribution in [1.29, 1.82) is 0 Å². The van der Waals surface area contributed by atoms with Gasteiger partial charge in [0, 0.05) is 18.5 Å². The number of carbonyl (C=O) groups is 1. The van der Waals surface area contributed by atoms with E-state index >= 15 is 0 Å². The SMILES string of the molecule is CC.CCC1(C)CCC(C)N(C)C1=O. The molecule has 0 aromatic heterocycles. The van der Waals surface area contributed by atoms with Crippen molar-refractivity contribution < 1.29 is 4.79 Å². The van der Waals surface area contributed by atoms with Gasteiger partial charge in [-0.3, -0.25) is 4.79 Å². The van der Waals surface area contributed by atoms with Crippen LogP contribution >= 0.6 is 0 Å². The van der Waals surface area contributed by atoms with Gasteiger partial charge in [0.25, 0.3) is 0 Å². The molecule has 0 aliphatic carbocycles. The van der Waals surface area contributed by atoms with E-state index in [-0.39, 0.29) is 5.41 Å². The van der Waals surface area contributed by atoms with Crippen molar-refractivity contribution in [1.82, 2.24) is 4.90 Å². The van der Waals surface area contributed by atoms with E-state index in [1.807, 2.05) is 25.8 Å². The average molecular weight is 199 g/mol. The van der Waals surface area contributed by atoms with Crippen LogP contribution in [0.5, 0.6) is 0 Å². The number of piperidine rings is 1. The normalized spacial score (nSPS) is 32.3. The van der Waals surface area contributed by atoms with Crippen molar-refractivity contribution in [3.05, 3.63) is 0 Å². The van der Waals surface area contributed by atoms with E-state index in [1.165, 1.54) is 0 Å². The second-order valence-corrected chi connectivity index (χ2v) is 4.22. The van der Waals surface area contributed by atoms with Gasteiger partial charge in [0.1, 0.15) is 0 Å². The molecular weight excluding hydrogens is 174 g/mol. The molecule has 0 aromatic carbocycles. The van der Waals surface area contributed by atoms with Crippen LogP contribution in [-0.4, -0.2) is 23.9 Å². The third-order valence-corrected chi connectivity index (χ3v) is 3.39. The quantitative estimate of drug-likeness (QED) is 0.635. The lowest BCUT2D eigenvalue weighted by Gasteiger charge is -2.41. The van der Waals surface area contributed by atoms with Gasteiger partial charge in [-0.1, -0.05) is 27.7 Å². The summed E-state index contributed by atoms with van der Waals surface area (Å²) in [6.45, 7) is 10.3. The van der Waals surface area contributed by atoms with Gasteiger partial charge >= 0.3 is 0 Å². The molecule has 0 spiro atoms. The van der Waals surface area contributed by atoms with Crippen LogP contribution in [0.15, 0.2) is 0 Å². The number of rotatable bonds is 1. The summed E-state index contributed by atoms with van der Waals surface area (Å²) in [6, 6.07) is 0.428. The molecule has 0 aromatic rings. The van der Waals surface area contributed by atoms with E-state index in [1.54, 1.807) is 0 Å². The van der Waals surface area contributed by atoms with Crippen LogP contribution < -0.4 is 0 Å². The van der Waals surface area contributed by atoms with Crippen LogP contribution in [0.25, 0.3) is 0 Å². The van der Waals surface area contributed by atoms with Crippen LogP contribution in [0.1, 0.15) is 53.9 Å². The maximum atomic E-state index is 11.8. The first-order valence-corrected chi connectivity index (χ1v) is 5.78. The van der Waals surface area contributed by atoms with Gasteiger partial charge in [-0.05, 0) is 26.2 Å². The molecule has 14 heavy (non-hydrogen) atoms. The number of amides is 1. The van der Waals surface area contributed by atoms with Crippen LogP contribution in [0.4, 0.5) is 0 Å². The predicted molar refractivity (Wildman–Crippen MR) is 61.2 cm³/mol. The lowest BCUT2D eigenvalue weighted by molar-refractivity contribution is -0.146. The third kappa shape index (κ3) is 2.49. The van der Waals surface area contributed by atoms with Gasteiger partial charge in [0.2, 0.25) is 5.91 Å². The molecule has 1 amide bonds. The second kappa shape index (κ2) is 5.38. The van der Waals surface area contributed by atoms with E-state index in [0.29, 0.717) is 11.9 Å². The molecule has 1 aliphatic heterocycles. The first kappa shape index (κ1) is 13.5. The minimum absolute atomic E-state index is 0.0821. The molecular formula is C12H25NO. The maximum absolute atomic E-state index is 11.8. The third-order valence-electron chi connectivity index (χ3n) is 3.39. The Morgan fingerprint density at radius 1 is 1.50 bits per heavy atom. The van der Waals surface area contributed by atoms with Gasteiger partial charge in [0.15, 0.2) is 0 Å². The van der Waals surface area contributed by atoms with Crippen molar-refractivity contribution in [3.8, 4) is 0 Å². The van der Waals surface area contributed by atoms with E-state index in [0.717, 1.165) is 19.3 Å². The molecule has 2 heteroatoms. The Kier molecular flexibility index (Phi) is 5.17. The molecule has 1 heterocycles. The lowest BCUT2D eigenvalue weighted by atomic mass is 9.77. The average Bonchev–Trinajstić information content (AvgIpc) is 2.24. The highest BCUT2D eigenvalue weighted by Crippen LogP contribution is 2.35. The van der Waals surface area contributed by atoms with Crippen molar-refractivity contribution in [2.75, 3.05) is 7.05 Å². The number of hydrogen-bond acceptors (Lipinski definition) is 1. The van der Waals surface area contributed by atoms with Crippen LogP contribution in [-0.2, 0) is 4.79 Å². The highest BCUT2D eigenvalue weighted by Gasteiger charge is 2.39. The Morgan fingerprint density at radius 2 is 2.00 bits per heavy atom. The second-order valence-electron chi connectivity index (χ2n) is 4.22.